The van der Waals surface area contributed by atoms with Crippen LogP contribution in [0.3, 0.4) is 0 Å². The number of aryl methyl sites for hydroxylation is 1. The van der Waals surface area contributed by atoms with Crippen molar-refractivity contribution in [2.45, 2.75) is 26.8 Å². The SMILES string of the molecule is CCc1nccn1CC(C)=CC(=O)O. The van der Waals surface area contributed by atoms with Crippen LogP contribution in [0.25, 0.3) is 0 Å². The van der Waals surface area contributed by atoms with Gasteiger partial charge in [-0.3, -0.25) is 0 Å². The summed E-state index contributed by atoms with van der Waals surface area (Å²) in [4.78, 5) is 14.5. The number of aromatic nitrogens is 2. The topological polar surface area (TPSA) is 55.1 Å². The van der Waals surface area contributed by atoms with E-state index in [0.717, 1.165) is 17.8 Å². The minimum Gasteiger partial charge on any atom is -0.478 e. The van der Waals surface area contributed by atoms with Gasteiger partial charge in [0.2, 0.25) is 0 Å². The number of carboxylic acid groups (broad SMARTS) is 1. The molecule has 14 heavy (non-hydrogen) atoms. The van der Waals surface area contributed by atoms with Gasteiger partial charge in [-0.25, -0.2) is 9.78 Å². The van der Waals surface area contributed by atoms with E-state index in [1.807, 2.05) is 17.7 Å². The van der Waals surface area contributed by atoms with Crippen molar-refractivity contribution in [1.82, 2.24) is 9.55 Å². The summed E-state index contributed by atoms with van der Waals surface area (Å²) >= 11 is 0. The standard InChI is InChI=1S/C10H14N2O2/c1-3-9-11-4-5-12(9)7-8(2)6-10(13)14/h4-6H,3,7H2,1-2H3,(H,13,14). The Morgan fingerprint density at radius 2 is 2.43 bits per heavy atom. The lowest BCUT2D eigenvalue weighted by Crippen LogP contribution is -2.04. The molecule has 0 fully saturated rings. The fourth-order valence-electron chi connectivity index (χ4n) is 1.32. The minimum atomic E-state index is -0.902. The van der Waals surface area contributed by atoms with Crippen LogP contribution in [0.4, 0.5) is 0 Å². The molecule has 0 bridgehead atoms. The highest BCUT2D eigenvalue weighted by atomic mass is 16.4. The van der Waals surface area contributed by atoms with Gasteiger partial charge < -0.3 is 9.67 Å². The molecule has 1 N–H and O–H groups in total. The molecule has 0 aromatic carbocycles. The Hall–Kier alpha value is -1.58. The molecule has 1 aromatic rings. The van der Waals surface area contributed by atoms with E-state index in [4.69, 9.17) is 5.11 Å². The Labute approximate surface area is 82.9 Å². The number of hydrogen-bond acceptors (Lipinski definition) is 2. The van der Waals surface area contributed by atoms with Gasteiger partial charge in [0.05, 0.1) is 0 Å². The van der Waals surface area contributed by atoms with E-state index in [1.165, 1.54) is 6.08 Å². The second kappa shape index (κ2) is 4.60. The Balaban J connectivity index is 2.73. The summed E-state index contributed by atoms with van der Waals surface area (Å²) in [5, 5.41) is 8.54. The van der Waals surface area contributed by atoms with Crippen LogP contribution in [-0.4, -0.2) is 20.6 Å². The third-order valence-corrected chi connectivity index (χ3v) is 1.91. The Morgan fingerprint density at radius 3 is 3.00 bits per heavy atom. The monoisotopic (exact) mass is 194 g/mol. The molecule has 0 amide bonds. The first-order valence-electron chi connectivity index (χ1n) is 4.53. The average Bonchev–Trinajstić information content (AvgIpc) is 2.50. The van der Waals surface area contributed by atoms with Crippen molar-refractivity contribution in [2.24, 2.45) is 0 Å². The van der Waals surface area contributed by atoms with Gasteiger partial charge in [0.1, 0.15) is 5.82 Å². The van der Waals surface area contributed by atoms with Crippen molar-refractivity contribution in [2.75, 3.05) is 0 Å². The molecular formula is C10H14N2O2. The van der Waals surface area contributed by atoms with Gasteiger partial charge >= 0.3 is 5.97 Å². The summed E-state index contributed by atoms with van der Waals surface area (Å²) in [7, 11) is 0. The van der Waals surface area contributed by atoms with Crippen LogP contribution in [0, 0.1) is 0 Å². The van der Waals surface area contributed by atoms with E-state index in [0.29, 0.717) is 6.54 Å². The van der Waals surface area contributed by atoms with Crippen molar-refractivity contribution < 1.29 is 9.90 Å². The Kier molecular flexibility index (Phi) is 3.45. The highest BCUT2D eigenvalue weighted by molar-refractivity contribution is 5.80. The predicted molar refractivity (Wildman–Crippen MR) is 53.0 cm³/mol. The molecule has 0 unspecified atom stereocenters. The van der Waals surface area contributed by atoms with Crippen LogP contribution < -0.4 is 0 Å². The maximum absolute atomic E-state index is 10.4. The molecule has 0 saturated heterocycles. The van der Waals surface area contributed by atoms with Crippen molar-refractivity contribution in [3.05, 3.63) is 29.9 Å². The largest absolute Gasteiger partial charge is 0.478 e. The van der Waals surface area contributed by atoms with Crippen LogP contribution >= 0.6 is 0 Å². The lowest BCUT2D eigenvalue weighted by atomic mass is 10.3. The summed E-state index contributed by atoms with van der Waals surface area (Å²) < 4.78 is 1.95. The summed E-state index contributed by atoms with van der Waals surface area (Å²) in [6.07, 6.45) is 5.66. The Morgan fingerprint density at radius 1 is 1.71 bits per heavy atom. The highest BCUT2D eigenvalue weighted by Gasteiger charge is 2.01. The fourth-order valence-corrected chi connectivity index (χ4v) is 1.32. The number of nitrogens with zero attached hydrogens (tertiary/aromatic N) is 2. The first kappa shape index (κ1) is 10.5. The summed E-state index contributed by atoms with van der Waals surface area (Å²) in [6.45, 7) is 4.41. The van der Waals surface area contributed by atoms with Crippen LogP contribution in [0.15, 0.2) is 24.0 Å². The predicted octanol–water partition coefficient (Wildman–Crippen LogP) is 1.48. The third-order valence-electron chi connectivity index (χ3n) is 1.91. The molecule has 0 saturated carbocycles. The molecule has 4 nitrogen and oxygen atoms in total. The lowest BCUT2D eigenvalue weighted by molar-refractivity contribution is -0.131. The quantitative estimate of drug-likeness (QED) is 0.738. The highest BCUT2D eigenvalue weighted by Crippen LogP contribution is 2.03. The molecule has 0 aliphatic heterocycles. The lowest BCUT2D eigenvalue weighted by Gasteiger charge is -2.05. The van der Waals surface area contributed by atoms with Gasteiger partial charge in [-0.1, -0.05) is 6.92 Å². The number of imidazole rings is 1. The minimum absolute atomic E-state index is 0.593. The molecule has 0 radical (unpaired) electrons. The molecule has 0 aliphatic carbocycles. The third kappa shape index (κ3) is 2.73. The molecule has 4 heteroatoms. The number of carbonyl (C=O) groups is 1. The first-order chi connectivity index (χ1) is 6.63. The second-order valence-electron chi connectivity index (χ2n) is 3.15. The number of rotatable bonds is 4. The molecule has 1 aromatic heterocycles. The smallest absolute Gasteiger partial charge is 0.328 e. The van der Waals surface area contributed by atoms with E-state index in [1.54, 1.807) is 13.1 Å². The molecule has 0 aliphatic rings. The van der Waals surface area contributed by atoms with Gasteiger partial charge in [-0.2, -0.15) is 0 Å². The van der Waals surface area contributed by atoms with E-state index in [2.05, 4.69) is 4.98 Å². The van der Waals surface area contributed by atoms with E-state index in [-0.39, 0.29) is 0 Å². The van der Waals surface area contributed by atoms with Gasteiger partial charge in [0.25, 0.3) is 0 Å². The zero-order valence-electron chi connectivity index (χ0n) is 8.40. The van der Waals surface area contributed by atoms with Crippen molar-refractivity contribution in [1.29, 1.82) is 0 Å². The van der Waals surface area contributed by atoms with Crippen LogP contribution in [0.5, 0.6) is 0 Å². The number of hydrogen-bond donors (Lipinski definition) is 1. The van der Waals surface area contributed by atoms with E-state index < -0.39 is 5.97 Å². The average molecular weight is 194 g/mol. The van der Waals surface area contributed by atoms with Gasteiger partial charge in [0, 0.05) is 31.4 Å². The summed E-state index contributed by atoms with van der Waals surface area (Å²) in [5.41, 5.74) is 0.810. The van der Waals surface area contributed by atoms with Gasteiger partial charge in [0.15, 0.2) is 0 Å². The summed E-state index contributed by atoms with van der Waals surface area (Å²) in [5.74, 6) is 0.0730. The number of carboxylic acids is 1. The second-order valence-corrected chi connectivity index (χ2v) is 3.15. The molecule has 1 rings (SSSR count). The van der Waals surface area contributed by atoms with Crippen LogP contribution in [0.1, 0.15) is 19.7 Å². The molecule has 0 spiro atoms. The maximum Gasteiger partial charge on any atom is 0.328 e. The van der Waals surface area contributed by atoms with Gasteiger partial charge in [-0.05, 0) is 12.5 Å². The molecule has 0 atom stereocenters. The maximum atomic E-state index is 10.4. The fraction of sp³-hybridized carbons (Fsp3) is 0.400. The molecular weight excluding hydrogens is 180 g/mol. The van der Waals surface area contributed by atoms with E-state index in [9.17, 15) is 4.79 Å². The Bertz CT molecular complexity index is 353. The number of allylic oxidation sites excluding steroid dienone is 1. The zero-order valence-corrected chi connectivity index (χ0v) is 8.40. The normalized spacial score (nSPS) is 11.7. The molecule has 76 valence electrons. The van der Waals surface area contributed by atoms with Crippen LogP contribution in [0.2, 0.25) is 0 Å². The number of aliphatic carboxylic acids is 1. The zero-order chi connectivity index (χ0) is 10.6. The molecule has 1 heterocycles. The first-order valence-corrected chi connectivity index (χ1v) is 4.53. The van der Waals surface area contributed by atoms with Crippen molar-refractivity contribution in [3.8, 4) is 0 Å². The van der Waals surface area contributed by atoms with E-state index >= 15 is 0 Å². The summed E-state index contributed by atoms with van der Waals surface area (Å²) in [6, 6.07) is 0. The van der Waals surface area contributed by atoms with Crippen molar-refractivity contribution in [3.63, 3.8) is 0 Å². The van der Waals surface area contributed by atoms with Crippen LogP contribution in [-0.2, 0) is 17.8 Å². The van der Waals surface area contributed by atoms with Crippen molar-refractivity contribution >= 4 is 5.97 Å². The van der Waals surface area contributed by atoms with Gasteiger partial charge in [-0.15, -0.1) is 0 Å².